The van der Waals surface area contributed by atoms with Gasteiger partial charge in [0.2, 0.25) is 0 Å². The highest BCUT2D eigenvalue weighted by molar-refractivity contribution is 7.18. The van der Waals surface area contributed by atoms with Gasteiger partial charge in [0, 0.05) is 0 Å². The third kappa shape index (κ3) is 1.08. The smallest absolute Gasteiger partial charge is 0.287 e. The molecular weight excluding hydrogens is 204 g/mol. The number of nitrogens with zero attached hydrogens (tertiary/aromatic N) is 1. The highest BCUT2D eigenvalue weighted by atomic mass is 32.1. The summed E-state index contributed by atoms with van der Waals surface area (Å²) in [5.74, 6) is -0.0828. The van der Waals surface area contributed by atoms with Crippen LogP contribution in [0, 0.1) is 10.1 Å². The van der Waals surface area contributed by atoms with Crippen LogP contribution in [0.1, 0.15) is 0 Å². The second kappa shape index (κ2) is 2.85. The van der Waals surface area contributed by atoms with Gasteiger partial charge in [-0.05, 0) is 12.1 Å². The summed E-state index contributed by atoms with van der Waals surface area (Å²) in [7, 11) is 0. The van der Waals surface area contributed by atoms with Crippen molar-refractivity contribution in [2.24, 2.45) is 0 Å². The Morgan fingerprint density at radius 2 is 2.21 bits per heavy atom. The summed E-state index contributed by atoms with van der Waals surface area (Å²) < 4.78 is 0.455. The number of phenolic OH excluding ortho intramolecular Hbond substituents is 1. The zero-order valence-corrected chi connectivity index (χ0v) is 7.75. The van der Waals surface area contributed by atoms with Crippen molar-refractivity contribution in [3.8, 4) is 5.75 Å². The summed E-state index contributed by atoms with van der Waals surface area (Å²) in [6, 6.07) is 3.00. The van der Waals surface area contributed by atoms with E-state index in [1.54, 1.807) is 6.07 Å². The first-order valence-electron chi connectivity index (χ1n) is 3.74. The molecular formula is C8H6N2O3S. The molecule has 0 atom stereocenters. The normalized spacial score (nSPS) is 10.6. The van der Waals surface area contributed by atoms with Gasteiger partial charge < -0.3 is 10.8 Å². The zero-order valence-electron chi connectivity index (χ0n) is 6.93. The highest BCUT2D eigenvalue weighted by Gasteiger charge is 2.17. The van der Waals surface area contributed by atoms with Crippen LogP contribution < -0.4 is 5.73 Å². The summed E-state index contributed by atoms with van der Waals surface area (Å²) in [6.07, 6.45) is 0. The number of thiophene rings is 1. The molecule has 0 saturated carbocycles. The predicted molar refractivity (Wildman–Crippen MR) is 54.6 cm³/mol. The number of nitro groups is 1. The number of benzene rings is 1. The fourth-order valence-electron chi connectivity index (χ4n) is 1.23. The fourth-order valence-corrected chi connectivity index (χ4v) is 2.20. The minimum absolute atomic E-state index is 0.000278. The molecule has 0 unspecified atom stereocenters. The standard InChI is InChI=1S/C8H6N2O3S/c9-5-2-1-4-6(10(12)13)3-14-8(4)7(5)11/h1-3,11H,9H2. The SMILES string of the molecule is Nc1ccc2c([N+](=O)[O-])csc2c1O. The van der Waals surface area contributed by atoms with Gasteiger partial charge in [0.1, 0.15) is 0 Å². The van der Waals surface area contributed by atoms with Gasteiger partial charge in [-0.3, -0.25) is 10.1 Å². The van der Waals surface area contributed by atoms with Gasteiger partial charge in [-0.1, -0.05) is 0 Å². The first kappa shape index (κ1) is 8.76. The molecule has 6 heteroatoms. The molecule has 1 heterocycles. The Kier molecular flexibility index (Phi) is 1.78. The number of hydrogen-bond donors (Lipinski definition) is 2. The van der Waals surface area contributed by atoms with Crippen LogP contribution in [0.5, 0.6) is 5.75 Å². The number of nitrogen functional groups attached to an aromatic ring is 1. The van der Waals surface area contributed by atoms with Gasteiger partial charge in [-0.25, -0.2) is 0 Å². The van der Waals surface area contributed by atoms with Gasteiger partial charge in [0.05, 0.1) is 26.1 Å². The first-order valence-corrected chi connectivity index (χ1v) is 4.62. The number of anilines is 1. The third-order valence-electron chi connectivity index (χ3n) is 1.92. The van der Waals surface area contributed by atoms with E-state index >= 15 is 0 Å². The van der Waals surface area contributed by atoms with E-state index in [0.717, 1.165) is 11.3 Å². The molecule has 1 aromatic heterocycles. The van der Waals surface area contributed by atoms with Crippen molar-refractivity contribution in [2.45, 2.75) is 0 Å². The minimum Gasteiger partial charge on any atom is -0.504 e. The maximum Gasteiger partial charge on any atom is 0.287 e. The first-order chi connectivity index (χ1) is 6.61. The second-order valence-electron chi connectivity index (χ2n) is 2.76. The van der Waals surface area contributed by atoms with Crippen molar-refractivity contribution in [1.29, 1.82) is 0 Å². The van der Waals surface area contributed by atoms with E-state index in [9.17, 15) is 15.2 Å². The molecule has 0 amide bonds. The number of aromatic hydroxyl groups is 1. The third-order valence-corrected chi connectivity index (χ3v) is 2.91. The van der Waals surface area contributed by atoms with Crippen molar-refractivity contribution in [3.05, 3.63) is 27.6 Å². The second-order valence-corrected chi connectivity index (χ2v) is 3.64. The molecule has 0 aliphatic carbocycles. The van der Waals surface area contributed by atoms with Crippen LogP contribution in [-0.2, 0) is 0 Å². The molecule has 1 aromatic carbocycles. The molecule has 0 aliphatic heterocycles. The molecule has 72 valence electrons. The molecule has 14 heavy (non-hydrogen) atoms. The Morgan fingerprint density at radius 1 is 1.50 bits per heavy atom. The van der Waals surface area contributed by atoms with E-state index in [2.05, 4.69) is 0 Å². The van der Waals surface area contributed by atoms with Crippen LogP contribution in [0.3, 0.4) is 0 Å². The lowest BCUT2D eigenvalue weighted by Gasteiger charge is -1.97. The van der Waals surface area contributed by atoms with Crippen molar-refractivity contribution in [1.82, 2.24) is 0 Å². The Morgan fingerprint density at radius 3 is 2.86 bits per heavy atom. The molecule has 0 aliphatic rings. The maximum absolute atomic E-state index is 10.6. The number of rotatable bonds is 1. The highest BCUT2D eigenvalue weighted by Crippen LogP contribution is 2.40. The quantitative estimate of drug-likeness (QED) is 0.326. The van der Waals surface area contributed by atoms with Crippen LogP contribution in [0.2, 0.25) is 0 Å². The lowest BCUT2D eigenvalue weighted by atomic mass is 10.2. The minimum atomic E-state index is -0.478. The van der Waals surface area contributed by atoms with Crippen molar-refractivity contribution in [2.75, 3.05) is 5.73 Å². The molecule has 0 fully saturated rings. The number of fused-ring (bicyclic) bond motifs is 1. The predicted octanol–water partition coefficient (Wildman–Crippen LogP) is 2.10. The molecule has 0 saturated heterocycles. The summed E-state index contributed by atoms with van der Waals surface area (Å²) in [4.78, 5) is 10.1. The average Bonchev–Trinajstić information content (AvgIpc) is 2.55. The van der Waals surface area contributed by atoms with Gasteiger partial charge in [-0.2, -0.15) is 0 Å². The summed E-state index contributed by atoms with van der Waals surface area (Å²) in [5, 5.41) is 21.9. The largest absolute Gasteiger partial charge is 0.504 e. The number of phenols is 1. The van der Waals surface area contributed by atoms with Crippen LogP contribution >= 0.6 is 11.3 Å². The van der Waals surface area contributed by atoms with E-state index in [1.165, 1.54) is 11.4 Å². The molecule has 2 rings (SSSR count). The Labute approximate surface area is 82.5 Å². The zero-order chi connectivity index (χ0) is 10.3. The lowest BCUT2D eigenvalue weighted by Crippen LogP contribution is -1.87. The van der Waals surface area contributed by atoms with E-state index in [4.69, 9.17) is 5.73 Å². The van der Waals surface area contributed by atoms with Gasteiger partial charge in [0.25, 0.3) is 5.69 Å². The molecule has 2 aromatic rings. The Hall–Kier alpha value is -1.82. The van der Waals surface area contributed by atoms with Crippen LogP contribution in [0.4, 0.5) is 11.4 Å². The fraction of sp³-hybridized carbons (Fsp3) is 0. The van der Waals surface area contributed by atoms with E-state index in [0.29, 0.717) is 10.1 Å². The van der Waals surface area contributed by atoms with Gasteiger partial charge >= 0.3 is 0 Å². The van der Waals surface area contributed by atoms with E-state index in [1.807, 2.05) is 0 Å². The van der Waals surface area contributed by atoms with Crippen molar-refractivity contribution in [3.63, 3.8) is 0 Å². The summed E-state index contributed by atoms with van der Waals surface area (Å²) >= 11 is 1.11. The Bertz CT molecular complexity index is 521. The maximum atomic E-state index is 10.6. The van der Waals surface area contributed by atoms with E-state index in [-0.39, 0.29) is 17.1 Å². The van der Waals surface area contributed by atoms with Gasteiger partial charge in [0.15, 0.2) is 5.75 Å². The molecule has 0 bridgehead atoms. The topological polar surface area (TPSA) is 89.4 Å². The van der Waals surface area contributed by atoms with Crippen molar-refractivity contribution >= 4 is 32.8 Å². The number of hydrogen-bond acceptors (Lipinski definition) is 5. The number of nitrogens with two attached hydrogens (primary N) is 1. The molecule has 0 radical (unpaired) electrons. The van der Waals surface area contributed by atoms with Crippen LogP contribution in [0.25, 0.3) is 10.1 Å². The average molecular weight is 210 g/mol. The summed E-state index contributed by atoms with van der Waals surface area (Å²) in [6.45, 7) is 0. The monoisotopic (exact) mass is 210 g/mol. The van der Waals surface area contributed by atoms with Crippen molar-refractivity contribution < 1.29 is 10.0 Å². The van der Waals surface area contributed by atoms with Gasteiger partial charge in [-0.15, -0.1) is 11.3 Å². The Balaban J connectivity index is 2.83. The van der Waals surface area contributed by atoms with E-state index < -0.39 is 4.92 Å². The molecule has 0 spiro atoms. The molecule has 5 nitrogen and oxygen atoms in total. The van der Waals surface area contributed by atoms with Crippen LogP contribution in [-0.4, -0.2) is 10.0 Å². The summed E-state index contributed by atoms with van der Waals surface area (Å²) in [5.41, 5.74) is 5.69. The molecule has 3 N–H and O–H groups in total. The lowest BCUT2D eigenvalue weighted by molar-refractivity contribution is -0.382. The van der Waals surface area contributed by atoms with Crippen LogP contribution in [0.15, 0.2) is 17.5 Å².